The van der Waals surface area contributed by atoms with Gasteiger partial charge in [0.1, 0.15) is 0 Å². The second kappa shape index (κ2) is 6.36. The summed E-state index contributed by atoms with van der Waals surface area (Å²) < 4.78 is 5.12. The number of rotatable bonds is 8. The molecule has 1 aliphatic carbocycles. The van der Waals surface area contributed by atoms with E-state index in [1.165, 1.54) is 12.8 Å². The minimum atomic E-state index is -0.114. The molecule has 100 valence electrons. The standard InChI is InChI=1S/C13H26N2O2/c1-10(2)15-12(16)11(3)14-9-13(5-6-13)7-8-17-4/h10-11,14H,5-9H2,1-4H3,(H,15,16). The molecule has 1 atom stereocenters. The second-order valence-corrected chi connectivity index (χ2v) is 5.51. The quantitative estimate of drug-likeness (QED) is 0.674. The highest BCUT2D eigenvalue weighted by molar-refractivity contribution is 5.81. The van der Waals surface area contributed by atoms with Gasteiger partial charge in [-0.2, -0.15) is 0 Å². The zero-order valence-electron chi connectivity index (χ0n) is 11.5. The third-order valence-electron chi connectivity index (χ3n) is 3.40. The fraction of sp³-hybridized carbons (Fsp3) is 0.923. The number of hydrogen-bond donors (Lipinski definition) is 2. The molecule has 0 aliphatic heterocycles. The summed E-state index contributed by atoms with van der Waals surface area (Å²) in [6.07, 6.45) is 3.60. The van der Waals surface area contributed by atoms with Crippen molar-refractivity contribution in [1.29, 1.82) is 0 Å². The molecular weight excluding hydrogens is 216 g/mol. The number of hydrogen-bond acceptors (Lipinski definition) is 3. The molecule has 4 heteroatoms. The van der Waals surface area contributed by atoms with Crippen LogP contribution in [0.5, 0.6) is 0 Å². The van der Waals surface area contributed by atoms with Crippen molar-refractivity contribution in [2.24, 2.45) is 5.41 Å². The highest BCUT2D eigenvalue weighted by Gasteiger charge is 2.41. The van der Waals surface area contributed by atoms with Crippen LogP contribution in [0.3, 0.4) is 0 Å². The van der Waals surface area contributed by atoms with E-state index in [-0.39, 0.29) is 18.0 Å². The first-order valence-corrected chi connectivity index (χ1v) is 6.52. The molecule has 1 unspecified atom stereocenters. The molecule has 1 amide bonds. The van der Waals surface area contributed by atoms with Gasteiger partial charge < -0.3 is 15.4 Å². The van der Waals surface area contributed by atoms with Crippen LogP contribution in [0.15, 0.2) is 0 Å². The monoisotopic (exact) mass is 242 g/mol. The lowest BCUT2D eigenvalue weighted by atomic mass is 10.0. The van der Waals surface area contributed by atoms with Crippen molar-refractivity contribution in [1.82, 2.24) is 10.6 Å². The summed E-state index contributed by atoms with van der Waals surface area (Å²) in [5.41, 5.74) is 0.391. The third-order valence-corrected chi connectivity index (χ3v) is 3.40. The molecule has 4 nitrogen and oxygen atoms in total. The summed E-state index contributed by atoms with van der Waals surface area (Å²) in [7, 11) is 1.74. The van der Waals surface area contributed by atoms with E-state index < -0.39 is 0 Å². The lowest BCUT2D eigenvalue weighted by Crippen LogP contribution is -2.46. The Labute approximate surface area is 104 Å². The van der Waals surface area contributed by atoms with E-state index in [4.69, 9.17) is 4.74 Å². The van der Waals surface area contributed by atoms with Gasteiger partial charge in [0.05, 0.1) is 6.04 Å². The Morgan fingerprint density at radius 1 is 1.35 bits per heavy atom. The van der Waals surface area contributed by atoms with Crippen LogP contribution in [-0.4, -0.2) is 38.3 Å². The van der Waals surface area contributed by atoms with Crippen molar-refractivity contribution in [2.45, 2.75) is 52.1 Å². The van der Waals surface area contributed by atoms with Crippen LogP contribution >= 0.6 is 0 Å². The highest BCUT2D eigenvalue weighted by atomic mass is 16.5. The molecule has 1 aliphatic rings. The highest BCUT2D eigenvalue weighted by Crippen LogP contribution is 2.48. The van der Waals surface area contributed by atoms with E-state index >= 15 is 0 Å². The molecule has 1 saturated carbocycles. The Bertz CT molecular complexity index is 250. The Morgan fingerprint density at radius 3 is 2.47 bits per heavy atom. The maximum absolute atomic E-state index is 11.7. The van der Waals surface area contributed by atoms with E-state index in [0.717, 1.165) is 19.6 Å². The van der Waals surface area contributed by atoms with Crippen molar-refractivity contribution >= 4 is 5.91 Å². The van der Waals surface area contributed by atoms with Gasteiger partial charge in [0.25, 0.3) is 0 Å². The number of nitrogens with one attached hydrogen (secondary N) is 2. The first-order valence-electron chi connectivity index (χ1n) is 6.52. The predicted molar refractivity (Wildman–Crippen MR) is 68.9 cm³/mol. The molecule has 2 N–H and O–H groups in total. The number of amides is 1. The van der Waals surface area contributed by atoms with Gasteiger partial charge in [0.2, 0.25) is 5.91 Å². The SMILES string of the molecule is COCCC1(CNC(C)C(=O)NC(C)C)CC1. The minimum absolute atomic E-state index is 0.0857. The van der Waals surface area contributed by atoms with Crippen LogP contribution in [-0.2, 0) is 9.53 Å². The van der Waals surface area contributed by atoms with E-state index in [0.29, 0.717) is 5.41 Å². The first kappa shape index (κ1) is 14.5. The number of carbonyl (C=O) groups is 1. The molecule has 17 heavy (non-hydrogen) atoms. The fourth-order valence-corrected chi connectivity index (χ4v) is 1.88. The minimum Gasteiger partial charge on any atom is -0.385 e. The van der Waals surface area contributed by atoms with Crippen LogP contribution in [0.1, 0.15) is 40.0 Å². The summed E-state index contributed by atoms with van der Waals surface area (Å²) in [5, 5.41) is 6.25. The summed E-state index contributed by atoms with van der Waals surface area (Å²) in [5.74, 6) is 0.0857. The summed E-state index contributed by atoms with van der Waals surface area (Å²) >= 11 is 0. The van der Waals surface area contributed by atoms with Crippen molar-refractivity contribution in [2.75, 3.05) is 20.3 Å². The number of carbonyl (C=O) groups excluding carboxylic acids is 1. The topological polar surface area (TPSA) is 50.4 Å². The lowest BCUT2D eigenvalue weighted by Gasteiger charge is -2.20. The Morgan fingerprint density at radius 2 is 2.00 bits per heavy atom. The Kier molecular flexibility index (Phi) is 5.40. The molecule has 1 rings (SSSR count). The van der Waals surface area contributed by atoms with E-state index in [1.807, 2.05) is 20.8 Å². The molecular formula is C13H26N2O2. The normalized spacial score (nSPS) is 19.1. The molecule has 0 saturated heterocycles. The molecule has 0 aromatic carbocycles. The molecule has 0 spiro atoms. The predicted octanol–water partition coefficient (Wildman–Crippen LogP) is 1.31. The molecule has 0 aromatic heterocycles. The maximum Gasteiger partial charge on any atom is 0.237 e. The first-order chi connectivity index (χ1) is 7.99. The zero-order chi connectivity index (χ0) is 12.9. The summed E-state index contributed by atoms with van der Waals surface area (Å²) in [6, 6.07) is 0.0903. The Hall–Kier alpha value is -0.610. The van der Waals surface area contributed by atoms with Crippen LogP contribution in [0.25, 0.3) is 0 Å². The van der Waals surface area contributed by atoms with Crippen molar-refractivity contribution < 1.29 is 9.53 Å². The second-order valence-electron chi connectivity index (χ2n) is 5.51. The molecule has 0 radical (unpaired) electrons. The summed E-state index contributed by atoms with van der Waals surface area (Å²) in [4.78, 5) is 11.7. The van der Waals surface area contributed by atoms with E-state index in [9.17, 15) is 4.79 Å². The third kappa shape index (κ3) is 5.04. The smallest absolute Gasteiger partial charge is 0.237 e. The van der Waals surface area contributed by atoms with Gasteiger partial charge in [-0.05, 0) is 45.4 Å². The van der Waals surface area contributed by atoms with Gasteiger partial charge >= 0.3 is 0 Å². The van der Waals surface area contributed by atoms with Crippen molar-refractivity contribution in [3.63, 3.8) is 0 Å². The van der Waals surface area contributed by atoms with Crippen LogP contribution < -0.4 is 10.6 Å². The van der Waals surface area contributed by atoms with Gasteiger partial charge in [-0.15, -0.1) is 0 Å². The van der Waals surface area contributed by atoms with Crippen molar-refractivity contribution in [3.8, 4) is 0 Å². The largest absolute Gasteiger partial charge is 0.385 e. The molecule has 0 aromatic rings. The van der Waals surface area contributed by atoms with Crippen LogP contribution in [0.2, 0.25) is 0 Å². The molecule has 0 bridgehead atoms. The van der Waals surface area contributed by atoms with Crippen molar-refractivity contribution in [3.05, 3.63) is 0 Å². The average Bonchev–Trinajstić information content (AvgIpc) is 3.03. The van der Waals surface area contributed by atoms with Crippen LogP contribution in [0, 0.1) is 5.41 Å². The van der Waals surface area contributed by atoms with E-state index in [1.54, 1.807) is 7.11 Å². The summed E-state index contributed by atoms with van der Waals surface area (Å²) in [6.45, 7) is 7.61. The van der Waals surface area contributed by atoms with Gasteiger partial charge in [-0.3, -0.25) is 4.79 Å². The van der Waals surface area contributed by atoms with Gasteiger partial charge in [-0.25, -0.2) is 0 Å². The number of methoxy groups -OCH3 is 1. The van der Waals surface area contributed by atoms with E-state index in [2.05, 4.69) is 10.6 Å². The van der Waals surface area contributed by atoms with Crippen LogP contribution in [0.4, 0.5) is 0 Å². The average molecular weight is 242 g/mol. The zero-order valence-corrected chi connectivity index (χ0v) is 11.5. The lowest BCUT2D eigenvalue weighted by molar-refractivity contribution is -0.123. The van der Waals surface area contributed by atoms with Gasteiger partial charge in [-0.1, -0.05) is 0 Å². The Balaban J connectivity index is 2.23. The fourth-order valence-electron chi connectivity index (χ4n) is 1.88. The maximum atomic E-state index is 11.7. The molecule has 1 fully saturated rings. The number of ether oxygens (including phenoxy) is 1. The van der Waals surface area contributed by atoms with Gasteiger partial charge in [0, 0.05) is 26.3 Å². The molecule has 0 heterocycles. The van der Waals surface area contributed by atoms with Gasteiger partial charge in [0.15, 0.2) is 0 Å².